The van der Waals surface area contributed by atoms with Crippen molar-refractivity contribution in [1.82, 2.24) is 5.32 Å². The average molecular weight is 576 g/mol. The fourth-order valence-electron chi connectivity index (χ4n) is 5.15. The number of anilines is 3. The molecule has 0 radical (unpaired) electrons. The van der Waals surface area contributed by atoms with Crippen LogP contribution < -0.4 is 15.1 Å². The third kappa shape index (κ3) is 7.12. The van der Waals surface area contributed by atoms with Crippen molar-refractivity contribution < 1.29 is 19.1 Å². The molecule has 43 heavy (non-hydrogen) atoms. The number of benzene rings is 4. The molecule has 4 aromatic rings. The van der Waals surface area contributed by atoms with Gasteiger partial charge < -0.3 is 15.0 Å². The van der Waals surface area contributed by atoms with Gasteiger partial charge in [-0.25, -0.2) is 4.79 Å². The van der Waals surface area contributed by atoms with E-state index in [1.54, 1.807) is 9.80 Å². The normalized spacial score (nSPS) is 14.1. The summed E-state index contributed by atoms with van der Waals surface area (Å²) in [5, 5.41) is 2.82. The molecule has 4 aromatic carbocycles. The number of amides is 3. The monoisotopic (exact) mass is 575 g/mol. The molecule has 1 atom stereocenters. The van der Waals surface area contributed by atoms with E-state index in [9.17, 15) is 14.4 Å². The number of hydrogen-bond acceptors (Lipinski definition) is 4. The number of rotatable bonds is 7. The van der Waals surface area contributed by atoms with Crippen molar-refractivity contribution >= 4 is 35.0 Å². The number of fused-ring (bicyclic) bond motifs is 1. The highest BCUT2D eigenvalue weighted by atomic mass is 16.6. The van der Waals surface area contributed by atoms with Crippen molar-refractivity contribution in [3.05, 3.63) is 114 Å². The molecule has 3 amide bonds. The van der Waals surface area contributed by atoms with Gasteiger partial charge in [0.1, 0.15) is 12.0 Å². The molecule has 0 saturated heterocycles. The Bertz CT molecular complexity index is 1590. The predicted octanol–water partition coefficient (Wildman–Crippen LogP) is 7.58. The summed E-state index contributed by atoms with van der Waals surface area (Å²) in [5.41, 5.74) is 5.67. The molecule has 1 aliphatic heterocycles. The molecule has 220 valence electrons. The summed E-state index contributed by atoms with van der Waals surface area (Å²) in [6.07, 6.45) is -0.696. The van der Waals surface area contributed by atoms with Crippen LogP contribution in [-0.4, -0.2) is 30.1 Å². The van der Waals surface area contributed by atoms with Crippen molar-refractivity contribution in [3.8, 4) is 11.1 Å². The molecule has 0 bridgehead atoms. The van der Waals surface area contributed by atoms with E-state index in [0.29, 0.717) is 30.2 Å². The van der Waals surface area contributed by atoms with E-state index < -0.39 is 11.7 Å². The number of carbonyl (C=O) groups excluding carboxylic acids is 3. The SMILES string of the molecule is CC(CNC(=O)OC(C)(C)C)c1ccc(N2C(=O)CC(=O)N(Cc3ccc(-c4ccccc4)cc3)c3ccccc32)cc1. The molecule has 1 aliphatic rings. The number of nitrogens with zero attached hydrogens (tertiary/aromatic N) is 2. The van der Waals surface area contributed by atoms with Gasteiger partial charge >= 0.3 is 6.09 Å². The summed E-state index contributed by atoms with van der Waals surface area (Å²) >= 11 is 0. The number of carbonyl (C=O) groups is 3. The summed E-state index contributed by atoms with van der Waals surface area (Å²) in [7, 11) is 0. The second-order valence-corrected chi connectivity index (χ2v) is 11.8. The third-order valence-electron chi connectivity index (χ3n) is 7.34. The Hall–Kier alpha value is -4.91. The summed E-state index contributed by atoms with van der Waals surface area (Å²) in [5.74, 6) is -0.503. The van der Waals surface area contributed by atoms with Crippen molar-refractivity contribution in [1.29, 1.82) is 0 Å². The minimum atomic E-state index is -0.561. The molecule has 5 rings (SSSR count). The Morgan fingerprint density at radius 3 is 2.05 bits per heavy atom. The first-order valence-corrected chi connectivity index (χ1v) is 14.5. The molecule has 1 N–H and O–H groups in total. The molecule has 1 unspecified atom stereocenters. The van der Waals surface area contributed by atoms with Gasteiger partial charge in [0.25, 0.3) is 0 Å². The topological polar surface area (TPSA) is 79.0 Å². The Morgan fingerprint density at radius 2 is 1.40 bits per heavy atom. The minimum Gasteiger partial charge on any atom is -0.444 e. The van der Waals surface area contributed by atoms with Gasteiger partial charge in [0.2, 0.25) is 11.8 Å². The highest BCUT2D eigenvalue weighted by molar-refractivity contribution is 6.18. The number of alkyl carbamates (subject to hydrolysis) is 1. The van der Waals surface area contributed by atoms with Crippen LogP contribution in [0.5, 0.6) is 0 Å². The molecule has 0 saturated carbocycles. The van der Waals surface area contributed by atoms with Crippen LogP contribution in [0.1, 0.15) is 51.2 Å². The quantitative estimate of drug-likeness (QED) is 0.230. The van der Waals surface area contributed by atoms with Crippen LogP contribution >= 0.6 is 0 Å². The van der Waals surface area contributed by atoms with Crippen molar-refractivity contribution in [2.24, 2.45) is 0 Å². The average Bonchev–Trinajstić information content (AvgIpc) is 3.09. The van der Waals surface area contributed by atoms with Crippen LogP contribution in [-0.2, 0) is 20.9 Å². The number of hydrogen-bond donors (Lipinski definition) is 1. The Morgan fingerprint density at radius 1 is 0.791 bits per heavy atom. The van der Waals surface area contributed by atoms with E-state index in [0.717, 1.165) is 22.3 Å². The minimum absolute atomic E-state index is 0.0269. The standard InChI is InChI=1S/C36H37N3O4/c1-25(23-37-35(42)43-36(2,3)4)27-18-20-30(21-19-27)39-32-13-9-8-12-31(32)38(33(40)22-34(39)41)24-26-14-16-29(17-15-26)28-10-6-5-7-11-28/h5-21,25H,22-24H2,1-4H3,(H,37,42). The summed E-state index contributed by atoms with van der Waals surface area (Å²) < 4.78 is 5.33. The fraction of sp³-hybridized carbons (Fsp3) is 0.250. The van der Waals surface area contributed by atoms with Crippen LogP contribution in [0.15, 0.2) is 103 Å². The van der Waals surface area contributed by atoms with E-state index in [-0.39, 0.29) is 24.2 Å². The highest BCUT2D eigenvalue weighted by Gasteiger charge is 2.32. The maximum absolute atomic E-state index is 13.5. The lowest BCUT2D eigenvalue weighted by atomic mass is 10.0. The lowest BCUT2D eigenvalue weighted by Crippen LogP contribution is -2.34. The molecule has 0 aromatic heterocycles. The lowest BCUT2D eigenvalue weighted by Gasteiger charge is -2.26. The van der Waals surface area contributed by atoms with Gasteiger partial charge in [0, 0.05) is 12.2 Å². The molecule has 7 nitrogen and oxygen atoms in total. The summed E-state index contributed by atoms with van der Waals surface area (Å²) in [4.78, 5) is 42.4. The Balaban J connectivity index is 1.35. The molecule has 0 fully saturated rings. The van der Waals surface area contributed by atoms with E-state index in [2.05, 4.69) is 29.6 Å². The summed E-state index contributed by atoms with van der Waals surface area (Å²) in [6.45, 7) is 8.26. The van der Waals surface area contributed by atoms with Gasteiger partial charge in [-0.05, 0) is 73.2 Å². The first-order chi connectivity index (χ1) is 20.6. The largest absolute Gasteiger partial charge is 0.444 e. The van der Waals surface area contributed by atoms with Gasteiger partial charge in [-0.2, -0.15) is 0 Å². The van der Waals surface area contributed by atoms with E-state index in [4.69, 9.17) is 4.74 Å². The highest BCUT2D eigenvalue weighted by Crippen LogP contribution is 2.39. The second kappa shape index (κ2) is 12.5. The smallest absolute Gasteiger partial charge is 0.407 e. The van der Waals surface area contributed by atoms with Crippen molar-refractivity contribution in [2.45, 2.75) is 52.2 Å². The summed E-state index contributed by atoms with van der Waals surface area (Å²) in [6, 6.07) is 33.5. The van der Waals surface area contributed by atoms with E-state index in [1.807, 2.05) is 107 Å². The van der Waals surface area contributed by atoms with Crippen LogP contribution in [0.2, 0.25) is 0 Å². The molecular formula is C36H37N3O4. The fourth-order valence-corrected chi connectivity index (χ4v) is 5.15. The van der Waals surface area contributed by atoms with E-state index >= 15 is 0 Å². The van der Waals surface area contributed by atoms with Gasteiger partial charge in [-0.3, -0.25) is 14.5 Å². The zero-order valence-electron chi connectivity index (χ0n) is 25.0. The molecular weight excluding hydrogens is 538 g/mol. The number of nitrogens with one attached hydrogen (secondary N) is 1. The Labute approximate surface area is 253 Å². The molecule has 0 spiro atoms. The molecule has 7 heteroatoms. The van der Waals surface area contributed by atoms with Gasteiger partial charge in [-0.15, -0.1) is 0 Å². The van der Waals surface area contributed by atoms with Gasteiger partial charge in [0.15, 0.2) is 0 Å². The molecule has 0 aliphatic carbocycles. The second-order valence-electron chi connectivity index (χ2n) is 11.8. The van der Waals surface area contributed by atoms with Crippen molar-refractivity contribution in [3.63, 3.8) is 0 Å². The third-order valence-corrected chi connectivity index (χ3v) is 7.34. The number of para-hydroxylation sites is 2. The maximum atomic E-state index is 13.5. The number of ether oxygens (including phenoxy) is 1. The van der Waals surface area contributed by atoms with E-state index in [1.165, 1.54) is 0 Å². The van der Waals surface area contributed by atoms with Crippen LogP contribution in [0.3, 0.4) is 0 Å². The van der Waals surface area contributed by atoms with Gasteiger partial charge in [-0.1, -0.05) is 85.8 Å². The zero-order chi connectivity index (χ0) is 30.6. The first-order valence-electron chi connectivity index (χ1n) is 14.5. The lowest BCUT2D eigenvalue weighted by molar-refractivity contribution is -0.125. The van der Waals surface area contributed by atoms with Gasteiger partial charge in [0.05, 0.1) is 17.9 Å². The Kier molecular flexibility index (Phi) is 8.62. The van der Waals surface area contributed by atoms with Crippen LogP contribution in [0.25, 0.3) is 11.1 Å². The first kappa shape index (κ1) is 29.6. The predicted molar refractivity (Wildman–Crippen MR) is 170 cm³/mol. The van der Waals surface area contributed by atoms with Crippen molar-refractivity contribution in [2.75, 3.05) is 16.3 Å². The maximum Gasteiger partial charge on any atom is 0.407 e. The van der Waals surface area contributed by atoms with Crippen LogP contribution in [0, 0.1) is 0 Å². The zero-order valence-corrected chi connectivity index (χ0v) is 25.0. The molecule has 1 heterocycles. The van der Waals surface area contributed by atoms with Crippen LogP contribution in [0.4, 0.5) is 21.9 Å².